The summed E-state index contributed by atoms with van der Waals surface area (Å²) >= 11 is 3.26. The van der Waals surface area contributed by atoms with Crippen LogP contribution in [-0.4, -0.2) is 43.4 Å². The SMILES string of the molecule is C=C1C=c2ccc(C(=O)NCCOC)c(C)c2=CN1CC1CCCC(C(=O)c2ccc(Br)cc2F)CC1. The second kappa shape index (κ2) is 12.2. The lowest BCUT2D eigenvalue weighted by Gasteiger charge is -2.28. The molecule has 0 aromatic heterocycles. The Morgan fingerprint density at radius 2 is 1.95 bits per heavy atom. The molecule has 4 rings (SSSR count). The number of hydrogen-bond donors (Lipinski definition) is 1. The summed E-state index contributed by atoms with van der Waals surface area (Å²) in [6.45, 7) is 7.97. The van der Waals surface area contributed by atoms with Gasteiger partial charge in [0.15, 0.2) is 5.78 Å². The van der Waals surface area contributed by atoms with Crippen LogP contribution >= 0.6 is 15.9 Å². The Kier molecular flexibility index (Phi) is 8.98. The van der Waals surface area contributed by atoms with Gasteiger partial charge < -0.3 is 15.0 Å². The monoisotopic (exact) mass is 568 g/mol. The first-order valence-corrected chi connectivity index (χ1v) is 13.6. The maximum absolute atomic E-state index is 14.4. The van der Waals surface area contributed by atoms with Crippen LogP contribution in [0.4, 0.5) is 4.39 Å². The molecule has 37 heavy (non-hydrogen) atoms. The predicted octanol–water partition coefficient (Wildman–Crippen LogP) is 4.70. The molecule has 2 atom stereocenters. The van der Waals surface area contributed by atoms with Crippen LogP contribution in [0.3, 0.4) is 0 Å². The topological polar surface area (TPSA) is 58.6 Å². The number of carbonyl (C=O) groups is 2. The zero-order valence-corrected chi connectivity index (χ0v) is 23.1. The van der Waals surface area contributed by atoms with E-state index in [1.165, 1.54) is 6.07 Å². The Morgan fingerprint density at radius 1 is 1.16 bits per heavy atom. The Hall–Kier alpha value is -2.77. The lowest BCUT2D eigenvalue weighted by molar-refractivity contribution is 0.0901. The normalized spacial score (nSPS) is 19.4. The summed E-state index contributed by atoms with van der Waals surface area (Å²) in [5.74, 6) is -0.410. The highest BCUT2D eigenvalue weighted by Gasteiger charge is 2.27. The first kappa shape index (κ1) is 27.3. The number of ketones is 1. The van der Waals surface area contributed by atoms with Crippen LogP contribution in [0.15, 0.2) is 47.1 Å². The Balaban J connectivity index is 1.46. The number of ether oxygens (including phenoxy) is 1. The summed E-state index contributed by atoms with van der Waals surface area (Å²) < 4.78 is 20.1. The van der Waals surface area contributed by atoms with Crippen molar-refractivity contribution in [1.82, 2.24) is 10.2 Å². The summed E-state index contributed by atoms with van der Waals surface area (Å²) in [6.07, 6.45) is 8.55. The van der Waals surface area contributed by atoms with Gasteiger partial charge in [0.2, 0.25) is 0 Å². The van der Waals surface area contributed by atoms with Crippen LogP contribution in [0.5, 0.6) is 0 Å². The highest BCUT2D eigenvalue weighted by molar-refractivity contribution is 9.10. The number of allylic oxidation sites excluding steroid dienone is 1. The Bertz CT molecular complexity index is 1320. The van der Waals surface area contributed by atoms with E-state index in [4.69, 9.17) is 4.74 Å². The lowest BCUT2D eigenvalue weighted by Crippen LogP contribution is -2.39. The highest BCUT2D eigenvalue weighted by Crippen LogP contribution is 2.32. The number of carbonyl (C=O) groups excluding carboxylic acids is 2. The lowest BCUT2D eigenvalue weighted by atomic mass is 9.90. The Labute approximate surface area is 226 Å². The van der Waals surface area contributed by atoms with Crippen LogP contribution < -0.4 is 15.8 Å². The summed E-state index contributed by atoms with van der Waals surface area (Å²) in [5.41, 5.74) is 2.69. The minimum atomic E-state index is -0.462. The van der Waals surface area contributed by atoms with Crippen molar-refractivity contribution in [2.24, 2.45) is 11.8 Å². The summed E-state index contributed by atoms with van der Waals surface area (Å²) in [6, 6.07) is 8.49. The molecule has 0 saturated heterocycles. The number of nitrogens with one attached hydrogen (secondary N) is 1. The predicted molar refractivity (Wildman–Crippen MR) is 148 cm³/mol. The van der Waals surface area contributed by atoms with Crippen molar-refractivity contribution in [3.63, 3.8) is 0 Å². The minimum Gasteiger partial charge on any atom is -0.383 e. The molecule has 1 aliphatic carbocycles. The van der Waals surface area contributed by atoms with Crippen LogP contribution in [0.1, 0.15) is 58.4 Å². The first-order valence-electron chi connectivity index (χ1n) is 12.8. The number of rotatable bonds is 8. The molecule has 196 valence electrons. The van der Waals surface area contributed by atoms with Crippen LogP contribution in [0, 0.1) is 24.6 Å². The molecule has 2 aliphatic rings. The van der Waals surface area contributed by atoms with E-state index in [0.717, 1.165) is 60.3 Å². The third kappa shape index (κ3) is 6.39. The van der Waals surface area contributed by atoms with Gasteiger partial charge in [0.25, 0.3) is 5.91 Å². The molecule has 1 heterocycles. The van der Waals surface area contributed by atoms with E-state index in [1.807, 2.05) is 19.1 Å². The summed E-state index contributed by atoms with van der Waals surface area (Å²) in [5, 5.41) is 4.98. The van der Waals surface area contributed by atoms with Gasteiger partial charge in [-0.1, -0.05) is 35.0 Å². The van der Waals surface area contributed by atoms with Crippen molar-refractivity contribution in [3.05, 3.63) is 80.0 Å². The fourth-order valence-corrected chi connectivity index (χ4v) is 5.67. The third-order valence-corrected chi connectivity index (χ3v) is 7.96. The van der Waals surface area contributed by atoms with E-state index in [2.05, 4.69) is 45.0 Å². The second-order valence-electron chi connectivity index (χ2n) is 9.97. The molecule has 2 unspecified atom stereocenters. The van der Waals surface area contributed by atoms with Crippen LogP contribution in [-0.2, 0) is 4.74 Å². The van der Waals surface area contributed by atoms with Gasteiger partial charge in [-0.05, 0) is 79.6 Å². The summed E-state index contributed by atoms with van der Waals surface area (Å²) in [7, 11) is 1.61. The second-order valence-corrected chi connectivity index (χ2v) is 10.9. The zero-order chi connectivity index (χ0) is 26.5. The van der Waals surface area contributed by atoms with Gasteiger partial charge in [-0.25, -0.2) is 4.39 Å². The standard InChI is InChI=1S/C30H34BrFN2O3/c1-19-15-23-9-11-25(30(36)33-13-14-37-3)20(2)27(23)18-34(19)17-21-5-4-6-22(8-7-21)29(35)26-12-10-24(31)16-28(26)32/h9-12,15-16,18,21-22H,1,4-8,13-14,17H2,2-3H3,(H,33,36). The molecule has 2 aromatic rings. The molecule has 0 radical (unpaired) electrons. The van der Waals surface area contributed by atoms with Gasteiger partial charge in [0.05, 0.1) is 12.2 Å². The smallest absolute Gasteiger partial charge is 0.251 e. The third-order valence-electron chi connectivity index (χ3n) is 7.47. The van der Waals surface area contributed by atoms with Gasteiger partial charge in [-0.2, -0.15) is 0 Å². The summed E-state index contributed by atoms with van der Waals surface area (Å²) in [4.78, 5) is 27.9. The number of amides is 1. The molecule has 1 aliphatic heterocycles. The van der Waals surface area contributed by atoms with Crippen molar-refractivity contribution in [3.8, 4) is 0 Å². The van der Waals surface area contributed by atoms with E-state index in [1.54, 1.807) is 19.2 Å². The quantitative estimate of drug-likeness (QED) is 0.285. The molecule has 2 aromatic carbocycles. The molecule has 1 fully saturated rings. The fourth-order valence-electron chi connectivity index (χ4n) is 5.34. The highest BCUT2D eigenvalue weighted by atomic mass is 79.9. The van der Waals surface area contributed by atoms with E-state index in [-0.39, 0.29) is 23.2 Å². The number of nitrogens with zero attached hydrogens (tertiary/aromatic N) is 1. The minimum absolute atomic E-state index is 0.0891. The van der Waals surface area contributed by atoms with Gasteiger partial charge in [-0.15, -0.1) is 0 Å². The van der Waals surface area contributed by atoms with Crippen molar-refractivity contribution in [2.45, 2.75) is 39.0 Å². The largest absolute Gasteiger partial charge is 0.383 e. The van der Waals surface area contributed by atoms with Crippen molar-refractivity contribution < 1.29 is 18.7 Å². The first-order chi connectivity index (χ1) is 17.8. The van der Waals surface area contributed by atoms with Crippen molar-refractivity contribution >= 4 is 39.9 Å². The van der Waals surface area contributed by atoms with E-state index < -0.39 is 5.82 Å². The molecule has 7 heteroatoms. The number of Topliss-reactive ketones (excluding diaryl/α,β-unsaturated/α-hetero) is 1. The molecule has 5 nitrogen and oxygen atoms in total. The number of fused-ring (bicyclic) bond motifs is 1. The fraction of sp³-hybridized carbons (Fsp3) is 0.400. The number of methoxy groups -OCH3 is 1. The van der Waals surface area contributed by atoms with Gasteiger partial charge in [0, 0.05) is 53.3 Å². The zero-order valence-electron chi connectivity index (χ0n) is 21.5. The van der Waals surface area contributed by atoms with Crippen LogP contribution in [0.25, 0.3) is 12.3 Å². The van der Waals surface area contributed by atoms with E-state index >= 15 is 0 Å². The molecule has 0 bridgehead atoms. The van der Waals surface area contributed by atoms with E-state index in [9.17, 15) is 14.0 Å². The van der Waals surface area contributed by atoms with Gasteiger partial charge in [0.1, 0.15) is 5.82 Å². The molecular formula is C30H34BrFN2O3. The van der Waals surface area contributed by atoms with E-state index in [0.29, 0.717) is 29.1 Å². The molecular weight excluding hydrogens is 535 g/mol. The molecule has 0 spiro atoms. The molecule has 1 saturated carbocycles. The molecule has 1 N–H and O–H groups in total. The van der Waals surface area contributed by atoms with Crippen molar-refractivity contribution in [1.29, 1.82) is 0 Å². The number of hydrogen-bond acceptors (Lipinski definition) is 4. The number of benzene rings is 2. The maximum Gasteiger partial charge on any atom is 0.251 e. The van der Waals surface area contributed by atoms with Gasteiger partial charge >= 0.3 is 0 Å². The van der Waals surface area contributed by atoms with Crippen molar-refractivity contribution in [2.75, 3.05) is 26.8 Å². The average molecular weight is 570 g/mol. The van der Waals surface area contributed by atoms with Crippen LogP contribution in [0.2, 0.25) is 0 Å². The van der Waals surface area contributed by atoms with Gasteiger partial charge in [-0.3, -0.25) is 9.59 Å². The maximum atomic E-state index is 14.4. The molecule has 1 amide bonds. The average Bonchev–Trinajstić information content (AvgIpc) is 3.10. The Morgan fingerprint density at radius 3 is 2.70 bits per heavy atom. The number of halogens is 2.